The first kappa shape index (κ1) is 12.1. The van der Waals surface area contributed by atoms with E-state index in [4.69, 9.17) is 16.3 Å². The second kappa shape index (κ2) is 5.83. The van der Waals surface area contributed by atoms with E-state index in [0.29, 0.717) is 6.42 Å². The Morgan fingerprint density at radius 1 is 1.47 bits per heavy atom. The van der Waals surface area contributed by atoms with Crippen LogP contribution in [0.4, 0.5) is 4.39 Å². The lowest BCUT2D eigenvalue weighted by Crippen LogP contribution is -2.17. The van der Waals surface area contributed by atoms with Crippen LogP contribution in [0.15, 0.2) is 24.3 Å². The number of carbonyl (C=O) groups is 1. The van der Waals surface area contributed by atoms with Crippen molar-refractivity contribution in [3.05, 3.63) is 35.6 Å². The highest BCUT2D eigenvalue weighted by Gasteiger charge is 2.16. The van der Waals surface area contributed by atoms with Gasteiger partial charge in [0.2, 0.25) is 5.24 Å². The summed E-state index contributed by atoms with van der Waals surface area (Å²) in [5, 5.41) is -0.429. The van der Waals surface area contributed by atoms with Gasteiger partial charge in [-0.25, -0.2) is 4.39 Å². The maximum atomic E-state index is 12.6. The van der Waals surface area contributed by atoms with Gasteiger partial charge in [-0.2, -0.15) is 0 Å². The number of rotatable bonds is 5. The molecule has 82 valence electrons. The molecule has 0 saturated carbocycles. The van der Waals surface area contributed by atoms with Crippen LogP contribution >= 0.6 is 11.6 Å². The van der Waals surface area contributed by atoms with Gasteiger partial charge in [-0.3, -0.25) is 4.79 Å². The largest absolute Gasteiger partial charge is 0.384 e. The van der Waals surface area contributed by atoms with E-state index < -0.39 is 5.24 Å². The van der Waals surface area contributed by atoms with Crippen molar-refractivity contribution >= 4 is 16.8 Å². The van der Waals surface area contributed by atoms with Crippen LogP contribution in [0.5, 0.6) is 0 Å². The van der Waals surface area contributed by atoms with E-state index in [1.807, 2.05) is 0 Å². The molecule has 1 aromatic rings. The van der Waals surface area contributed by atoms with E-state index in [0.717, 1.165) is 5.56 Å². The van der Waals surface area contributed by atoms with Crippen molar-refractivity contribution in [2.75, 3.05) is 13.7 Å². The van der Waals surface area contributed by atoms with E-state index in [2.05, 4.69) is 0 Å². The third-order valence-electron chi connectivity index (χ3n) is 2.08. The Bertz CT molecular complexity index is 324. The van der Waals surface area contributed by atoms with Crippen LogP contribution in [0.25, 0.3) is 0 Å². The summed E-state index contributed by atoms with van der Waals surface area (Å²) in [5.74, 6) is -0.665. The van der Waals surface area contributed by atoms with Crippen molar-refractivity contribution in [1.29, 1.82) is 0 Å². The number of ether oxygens (including phenoxy) is 1. The van der Waals surface area contributed by atoms with Crippen LogP contribution < -0.4 is 0 Å². The zero-order valence-corrected chi connectivity index (χ0v) is 9.13. The molecule has 0 aromatic heterocycles. The van der Waals surface area contributed by atoms with Crippen LogP contribution in [0, 0.1) is 11.7 Å². The van der Waals surface area contributed by atoms with Gasteiger partial charge in [0.25, 0.3) is 0 Å². The first-order valence-corrected chi connectivity index (χ1v) is 4.94. The Kier molecular flexibility index (Phi) is 4.72. The molecule has 0 radical (unpaired) electrons. The summed E-state index contributed by atoms with van der Waals surface area (Å²) in [7, 11) is 1.51. The number of hydrogen-bond donors (Lipinski definition) is 0. The minimum Gasteiger partial charge on any atom is -0.384 e. The van der Waals surface area contributed by atoms with Gasteiger partial charge in [0.1, 0.15) is 5.82 Å². The number of carbonyl (C=O) groups excluding carboxylic acids is 1. The van der Waals surface area contributed by atoms with Gasteiger partial charge in [0.15, 0.2) is 0 Å². The Hall–Kier alpha value is -0.930. The summed E-state index contributed by atoms with van der Waals surface area (Å²) in [6.07, 6.45) is 0.469. The fourth-order valence-corrected chi connectivity index (χ4v) is 1.45. The molecule has 0 aliphatic heterocycles. The van der Waals surface area contributed by atoms with Crippen LogP contribution in [0.3, 0.4) is 0 Å². The summed E-state index contributed by atoms with van der Waals surface area (Å²) in [4.78, 5) is 11.0. The summed E-state index contributed by atoms with van der Waals surface area (Å²) in [6.45, 7) is 0.277. The summed E-state index contributed by atoms with van der Waals surface area (Å²) in [5.41, 5.74) is 0.868. The maximum absolute atomic E-state index is 12.6. The van der Waals surface area contributed by atoms with Crippen molar-refractivity contribution in [1.82, 2.24) is 0 Å². The van der Waals surface area contributed by atoms with Gasteiger partial charge >= 0.3 is 0 Å². The van der Waals surface area contributed by atoms with Crippen molar-refractivity contribution in [3.63, 3.8) is 0 Å². The standard InChI is InChI=1S/C11H12ClFO2/c1-15-7-9(11(12)14)6-8-2-4-10(13)5-3-8/h2-5,9H,6-7H2,1H3. The smallest absolute Gasteiger partial charge is 0.227 e. The molecular formula is C11H12ClFO2. The normalized spacial score (nSPS) is 12.5. The van der Waals surface area contributed by atoms with E-state index >= 15 is 0 Å². The predicted octanol–water partition coefficient (Wildman–Crippen LogP) is 2.40. The minimum atomic E-state index is -0.429. The highest BCUT2D eigenvalue weighted by atomic mass is 35.5. The number of methoxy groups -OCH3 is 1. The topological polar surface area (TPSA) is 26.3 Å². The molecule has 0 amide bonds. The van der Waals surface area contributed by atoms with E-state index in [9.17, 15) is 9.18 Å². The molecule has 0 N–H and O–H groups in total. The number of benzene rings is 1. The van der Waals surface area contributed by atoms with Crippen LogP contribution in [-0.2, 0) is 16.0 Å². The molecule has 15 heavy (non-hydrogen) atoms. The van der Waals surface area contributed by atoms with E-state index in [1.54, 1.807) is 12.1 Å². The molecule has 1 atom stereocenters. The number of halogens is 2. The summed E-state index contributed by atoms with van der Waals surface area (Å²) < 4.78 is 17.5. The molecule has 2 nitrogen and oxygen atoms in total. The van der Waals surface area contributed by atoms with Gasteiger partial charge in [-0.05, 0) is 35.7 Å². The Morgan fingerprint density at radius 2 is 2.07 bits per heavy atom. The maximum Gasteiger partial charge on any atom is 0.227 e. The lowest BCUT2D eigenvalue weighted by molar-refractivity contribution is -0.116. The minimum absolute atomic E-state index is 0.277. The molecule has 1 aromatic carbocycles. The molecular weight excluding hydrogens is 219 g/mol. The van der Waals surface area contributed by atoms with Crippen LogP contribution in [-0.4, -0.2) is 19.0 Å². The average Bonchev–Trinajstić information content (AvgIpc) is 2.20. The number of hydrogen-bond acceptors (Lipinski definition) is 2. The average molecular weight is 231 g/mol. The van der Waals surface area contributed by atoms with Gasteiger partial charge in [-0.15, -0.1) is 0 Å². The highest BCUT2D eigenvalue weighted by Crippen LogP contribution is 2.13. The highest BCUT2D eigenvalue weighted by molar-refractivity contribution is 6.64. The van der Waals surface area contributed by atoms with Crippen LogP contribution in [0.1, 0.15) is 5.56 Å². The van der Waals surface area contributed by atoms with Gasteiger partial charge in [0, 0.05) is 7.11 Å². The molecule has 0 fully saturated rings. The third-order valence-corrected chi connectivity index (χ3v) is 2.39. The fourth-order valence-electron chi connectivity index (χ4n) is 1.31. The predicted molar refractivity (Wildman–Crippen MR) is 56.3 cm³/mol. The lowest BCUT2D eigenvalue weighted by atomic mass is 10.0. The monoisotopic (exact) mass is 230 g/mol. The molecule has 0 spiro atoms. The molecule has 1 unspecified atom stereocenters. The molecule has 0 heterocycles. The van der Waals surface area contributed by atoms with Crippen molar-refractivity contribution < 1.29 is 13.9 Å². The van der Waals surface area contributed by atoms with Crippen molar-refractivity contribution in [3.8, 4) is 0 Å². The van der Waals surface area contributed by atoms with Crippen LogP contribution in [0.2, 0.25) is 0 Å². The van der Waals surface area contributed by atoms with Crippen molar-refractivity contribution in [2.45, 2.75) is 6.42 Å². The fraction of sp³-hybridized carbons (Fsp3) is 0.364. The van der Waals surface area contributed by atoms with Gasteiger partial charge < -0.3 is 4.74 Å². The Balaban J connectivity index is 2.65. The van der Waals surface area contributed by atoms with Gasteiger partial charge in [-0.1, -0.05) is 12.1 Å². The molecule has 0 aliphatic rings. The molecule has 4 heteroatoms. The molecule has 0 saturated heterocycles. The lowest BCUT2D eigenvalue weighted by Gasteiger charge is -2.10. The van der Waals surface area contributed by atoms with Crippen molar-refractivity contribution in [2.24, 2.45) is 5.92 Å². The summed E-state index contributed by atoms with van der Waals surface area (Å²) in [6, 6.07) is 5.99. The quantitative estimate of drug-likeness (QED) is 0.726. The Morgan fingerprint density at radius 3 is 2.53 bits per heavy atom. The second-order valence-electron chi connectivity index (χ2n) is 3.29. The third kappa shape index (κ3) is 3.98. The SMILES string of the molecule is COCC(Cc1ccc(F)cc1)C(=O)Cl. The molecule has 1 rings (SSSR count). The first-order chi connectivity index (χ1) is 7.13. The summed E-state index contributed by atoms with van der Waals surface area (Å²) >= 11 is 5.41. The molecule has 0 aliphatic carbocycles. The first-order valence-electron chi connectivity index (χ1n) is 4.56. The zero-order valence-electron chi connectivity index (χ0n) is 8.37. The van der Waals surface area contributed by atoms with Gasteiger partial charge in [0.05, 0.1) is 12.5 Å². The van der Waals surface area contributed by atoms with E-state index in [1.165, 1.54) is 19.2 Å². The zero-order chi connectivity index (χ0) is 11.3. The second-order valence-corrected chi connectivity index (χ2v) is 3.66. The van der Waals surface area contributed by atoms with E-state index in [-0.39, 0.29) is 18.3 Å². The Labute approximate surface area is 93.0 Å². The molecule has 0 bridgehead atoms.